The number of hydrogen-bond acceptors (Lipinski definition) is 5. The second-order valence-electron chi connectivity index (χ2n) is 4.31. The van der Waals surface area contributed by atoms with Gasteiger partial charge in [-0.25, -0.2) is 13.4 Å². The minimum atomic E-state index is -3.71. The number of nitrogens with zero attached hydrogens (tertiary/aromatic N) is 1. The molecule has 3 aromatic rings. The third kappa shape index (κ3) is 2.94. The summed E-state index contributed by atoms with van der Waals surface area (Å²) in [5, 5.41) is 0.644. The number of hydrogen-bond donors (Lipinski definition) is 2. The maximum atomic E-state index is 12.3. The third-order valence-corrected chi connectivity index (χ3v) is 5.38. The van der Waals surface area contributed by atoms with Crippen molar-refractivity contribution in [1.82, 2.24) is 4.98 Å². The summed E-state index contributed by atoms with van der Waals surface area (Å²) >= 11 is 7.04. The highest BCUT2D eigenvalue weighted by molar-refractivity contribution is 7.93. The zero-order valence-corrected chi connectivity index (χ0v) is 13.0. The summed E-state index contributed by atoms with van der Waals surface area (Å²) < 4.78 is 27.8. The van der Waals surface area contributed by atoms with Gasteiger partial charge in [0.15, 0.2) is 5.13 Å². The molecule has 0 bridgehead atoms. The first-order valence-electron chi connectivity index (χ1n) is 5.88. The number of thiazole rings is 1. The van der Waals surface area contributed by atoms with Crippen LogP contribution in [0, 0.1) is 0 Å². The Hall–Kier alpha value is -1.83. The Labute approximate surface area is 130 Å². The van der Waals surface area contributed by atoms with Crippen molar-refractivity contribution in [1.29, 1.82) is 0 Å². The number of nitrogens with one attached hydrogen (secondary N) is 1. The van der Waals surface area contributed by atoms with E-state index in [9.17, 15) is 8.42 Å². The van der Waals surface area contributed by atoms with Crippen LogP contribution in [-0.4, -0.2) is 13.4 Å². The fourth-order valence-electron chi connectivity index (χ4n) is 1.79. The summed E-state index contributed by atoms with van der Waals surface area (Å²) in [5.74, 6) is 0. The molecule has 0 radical (unpaired) electrons. The Morgan fingerprint density at radius 1 is 1.19 bits per heavy atom. The topological polar surface area (TPSA) is 85.1 Å². The molecule has 0 aliphatic heterocycles. The van der Waals surface area contributed by atoms with Gasteiger partial charge in [-0.15, -0.1) is 0 Å². The van der Waals surface area contributed by atoms with Gasteiger partial charge in [-0.2, -0.15) is 0 Å². The van der Waals surface area contributed by atoms with E-state index < -0.39 is 10.0 Å². The lowest BCUT2D eigenvalue weighted by molar-refractivity contribution is 0.601. The van der Waals surface area contributed by atoms with Crippen LogP contribution >= 0.6 is 22.9 Å². The molecule has 0 spiro atoms. The molecule has 0 fully saturated rings. The van der Waals surface area contributed by atoms with Crippen molar-refractivity contribution in [2.45, 2.75) is 4.90 Å². The SMILES string of the molecule is Nc1ccc2nc(NS(=O)(=O)c3cccc(Cl)c3)sc2c1. The summed E-state index contributed by atoms with van der Waals surface area (Å²) in [6.45, 7) is 0. The molecule has 3 N–H and O–H groups in total. The summed E-state index contributed by atoms with van der Waals surface area (Å²) in [4.78, 5) is 4.32. The molecule has 8 heteroatoms. The van der Waals surface area contributed by atoms with Crippen molar-refractivity contribution < 1.29 is 8.42 Å². The Balaban J connectivity index is 1.97. The maximum absolute atomic E-state index is 12.3. The first-order chi connectivity index (χ1) is 9.94. The predicted molar refractivity (Wildman–Crippen MR) is 86.3 cm³/mol. The highest BCUT2D eigenvalue weighted by Crippen LogP contribution is 2.29. The van der Waals surface area contributed by atoms with E-state index >= 15 is 0 Å². The summed E-state index contributed by atoms with van der Waals surface area (Å²) in [7, 11) is -3.71. The van der Waals surface area contributed by atoms with Gasteiger partial charge in [0.05, 0.1) is 15.1 Å². The van der Waals surface area contributed by atoms with E-state index in [1.807, 2.05) is 0 Å². The van der Waals surface area contributed by atoms with Crippen LogP contribution in [0.25, 0.3) is 10.2 Å². The van der Waals surface area contributed by atoms with Gasteiger partial charge in [-0.05, 0) is 36.4 Å². The highest BCUT2D eigenvalue weighted by atomic mass is 35.5. The Kier molecular flexibility index (Phi) is 3.48. The van der Waals surface area contributed by atoms with Gasteiger partial charge in [-0.3, -0.25) is 4.72 Å². The molecular weight excluding hydrogens is 330 g/mol. The number of nitrogens with two attached hydrogens (primary N) is 1. The Bertz CT molecular complexity index is 922. The summed E-state index contributed by atoms with van der Waals surface area (Å²) in [6.07, 6.45) is 0. The molecule has 0 saturated heterocycles. The van der Waals surface area contributed by atoms with E-state index in [2.05, 4.69) is 9.71 Å². The van der Waals surface area contributed by atoms with Crippen LogP contribution in [0.5, 0.6) is 0 Å². The first-order valence-corrected chi connectivity index (χ1v) is 8.56. The molecule has 1 aromatic heterocycles. The van der Waals surface area contributed by atoms with Gasteiger partial charge in [0.25, 0.3) is 10.0 Å². The molecule has 0 aliphatic carbocycles. The van der Waals surface area contributed by atoms with Gasteiger partial charge in [-0.1, -0.05) is 29.0 Å². The molecule has 1 heterocycles. The largest absolute Gasteiger partial charge is 0.399 e. The standard InChI is InChI=1S/C13H10ClN3O2S2/c14-8-2-1-3-10(6-8)21(18,19)17-13-16-11-5-4-9(15)7-12(11)20-13/h1-7H,15H2,(H,16,17). The molecule has 3 rings (SSSR count). The molecular formula is C13H10ClN3O2S2. The van der Waals surface area contributed by atoms with Crippen LogP contribution in [0.4, 0.5) is 10.8 Å². The number of benzene rings is 2. The molecule has 0 saturated carbocycles. The first kappa shape index (κ1) is 14.1. The van der Waals surface area contributed by atoms with Gasteiger partial charge in [0.2, 0.25) is 0 Å². The minimum Gasteiger partial charge on any atom is -0.399 e. The van der Waals surface area contributed by atoms with Crippen molar-refractivity contribution in [2.75, 3.05) is 10.5 Å². The Morgan fingerprint density at radius 3 is 2.76 bits per heavy atom. The van der Waals surface area contributed by atoms with Crippen molar-refractivity contribution in [3.63, 3.8) is 0 Å². The smallest absolute Gasteiger partial charge is 0.263 e. The monoisotopic (exact) mass is 339 g/mol. The number of halogens is 1. The van der Waals surface area contributed by atoms with Crippen LogP contribution in [0.2, 0.25) is 5.02 Å². The van der Waals surface area contributed by atoms with Crippen LogP contribution in [0.3, 0.4) is 0 Å². The van der Waals surface area contributed by atoms with E-state index in [0.717, 1.165) is 4.70 Å². The van der Waals surface area contributed by atoms with E-state index in [0.29, 0.717) is 16.2 Å². The molecule has 0 atom stereocenters. The van der Waals surface area contributed by atoms with Crippen LogP contribution < -0.4 is 10.5 Å². The number of aromatic nitrogens is 1. The fraction of sp³-hybridized carbons (Fsp3) is 0. The van der Waals surface area contributed by atoms with Crippen LogP contribution in [-0.2, 0) is 10.0 Å². The van der Waals surface area contributed by atoms with Gasteiger partial charge in [0.1, 0.15) is 0 Å². The maximum Gasteiger partial charge on any atom is 0.263 e. The molecule has 21 heavy (non-hydrogen) atoms. The Morgan fingerprint density at radius 2 is 2.00 bits per heavy atom. The van der Waals surface area contributed by atoms with Crippen molar-refractivity contribution in [2.24, 2.45) is 0 Å². The fourth-order valence-corrected chi connectivity index (χ4v) is 4.24. The molecule has 108 valence electrons. The summed E-state index contributed by atoms with van der Waals surface area (Å²) in [6, 6.07) is 11.3. The average Bonchev–Trinajstić information content (AvgIpc) is 2.79. The molecule has 2 aromatic carbocycles. The van der Waals surface area contributed by atoms with Crippen LogP contribution in [0.1, 0.15) is 0 Å². The van der Waals surface area contributed by atoms with Gasteiger partial charge in [0, 0.05) is 10.7 Å². The number of rotatable bonds is 3. The lowest BCUT2D eigenvalue weighted by Crippen LogP contribution is -2.12. The van der Waals surface area contributed by atoms with Crippen molar-refractivity contribution in [3.8, 4) is 0 Å². The molecule has 0 unspecified atom stereocenters. The molecule has 0 amide bonds. The highest BCUT2D eigenvalue weighted by Gasteiger charge is 2.16. The zero-order chi connectivity index (χ0) is 15.0. The molecule has 5 nitrogen and oxygen atoms in total. The van der Waals surface area contributed by atoms with Crippen LogP contribution in [0.15, 0.2) is 47.4 Å². The lowest BCUT2D eigenvalue weighted by Gasteiger charge is -2.04. The minimum absolute atomic E-state index is 0.0915. The average molecular weight is 340 g/mol. The van der Waals surface area contributed by atoms with E-state index in [1.165, 1.54) is 23.5 Å². The lowest BCUT2D eigenvalue weighted by atomic mass is 10.3. The second kappa shape index (κ2) is 5.18. The number of sulfonamides is 1. The van der Waals surface area contributed by atoms with Crippen molar-refractivity contribution >= 4 is 54.0 Å². The van der Waals surface area contributed by atoms with Gasteiger partial charge < -0.3 is 5.73 Å². The number of anilines is 2. The summed E-state index contributed by atoms with van der Waals surface area (Å²) in [5.41, 5.74) is 6.99. The normalized spacial score (nSPS) is 11.7. The van der Waals surface area contributed by atoms with Crippen molar-refractivity contribution in [3.05, 3.63) is 47.5 Å². The third-order valence-electron chi connectivity index (χ3n) is 2.74. The van der Waals surface area contributed by atoms with E-state index in [4.69, 9.17) is 17.3 Å². The quantitative estimate of drug-likeness (QED) is 0.717. The van der Waals surface area contributed by atoms with E-state index in [-0.39, 0.29) is 10.0 Å². The van der Waals surface area contributed by atoms with E-state index in [1.54, 1.807) is 30.3 Å². The predicted octanol–water partition coefficient (Wildman–Crippen LogP) is 3.33. The van der Waals surface area contributed by atoms with Gasteiger partial charge >= 0.3 is 0 Å². The molecule has 0 aliphatic rings. The second-order valence-corrected chi connectivity index (χ2v) is 7.46. The number of fused-ring (bicyclic) bond motifs is 1. The number of nitrogen functional groups attached to an aromatic ring is 1. The zero-order valence-electron chi connectivity index (χ0n) is 10.6.